The number of anilines is 4. The van der Waals surface area contributed by atoms with E-state index in [0.29, 0.717) is 11.0 Å². The van der Waals surface area contributed by atoms with Crippen LogP contribution in [0.3, 0.4) is 0 Å². The normalized spacial score (nSPS) is 26.8. The summed E-state index contributed by atoms with van der Waals surface area (Å²) in [6.07, 6.45) is 8.62. The molecule has 3 aromatic rings. The van der Waals surface area contributed by atoms with E-state index in [9.17, 15) is 4.79 Å². The van der Waals surface area contributed by atoms with Crippen molar-refractivity contribution in [1.29, 1.82) is 0 Å². The van der Waals surface area contributed by atoms with E-state index in [1.807, 2.05) is 30.3 Å². The standard InChI is InChI=1S/C30H32N2O2/c1-34-29(33)27-7-2-3-8-28(27)32-26-6-4-5-25(16-26)31-24-11-9-23(10-12-24)30-17-20-13-21(18-30)15-22(14-20)19-30/h2-12,16,20-22,31-32H,13-15,17-19H2,1H3. The number of esters is 1. The number of hydrogen-bond donors (Lipinski definition) is 2. The van der Waals surface area contributed by atoms with Gasteiger partial charge in [-0.1, -0.05) is 30.3 Å². The first-order valence-corrected chi connectivity index (χ1v) is 12.5. The Bertz CT molecular complexity index is 1170. The Balaban J connectivity index is 1.17. The van der Waals surface area contributed by atoms with Crippen LogP contribution >= 0.6 is 0 Å². The topological polar surface area (TPSA) is 50.4 Å². The zero-order valence-electron chi connectivity index (χ0n) is 19.7. The van der Waals surface area contributed by atoms with Gasteiger partial charge in [0.25, 0.3) is 0 Å². The predicted octanol–water partition coefficient (Wildman–Crippen LogP) is 7.43. The highest BCUT2D eigenvalue weighted by atomic mass is 16.5. The molecule has 4 bridgehead atoms. The van der Waals surface area contributed by atoms with Gasteiger partial charge >= 0.3 is 5.97 Å². The molecule has 0 aliphatic heterocycles. The first kappa shape index (κ1) is 21.3. The Morgan fingerprint density at radius 3 is 2.03 bits per heavy atom. The van der Waals surface area contributed by atoms with Crippen molar-refractivity contribution in [2.75, 3.05) is 17.7 Å². The number of nitrogens with one attached hydrogen (secondary N) is 2. The van der Waals surface area contributed by atoms with Crippen LogP contribution in [0.1, 0.15) is 54.4 Å². The summed E-state index contributed by atoms with van der Waals surface area (Å²) < 4.78 is 4.91. The van der Waals surface area contributed by atoms with E-state index in [4.69, 9.17) is 4.74 Å². The van der Waals surface area contributed by atoms with E-state index in [1.54, 1.807) is 11.6 Å². The van der Waals surface area contributed by atoms with Crippen molar-refractivity contribution in [3.8, 4) is 0 Å². The summed E-state index contributed by atoms with van der Waals surface area (Å²) in [4.78, 5) is 12.1. The Morgan fingerprint density at radius 1 is 0.765 bits per heavy atom. The van der Waals surface area contributed by atoms with E-state index >= 15 is 0 Å². The molecule has 4 nitrogen and oxygen atoms in total. The lowest BCUT2D eigenvalue weighted by Gasteiger charge is -2.57. The average Bonchev–Trinajstić information content (AvgIpc) is 2.84. The maximum Gasteiger partial charge on any atom is 0.339 e. The quantitative estimate of drug-likeness (QED) is 0.382. The first-order chi connectivity index (χ1) is 16.6. The maximum atomic E-state index is 12.1. The van der Waals surface area contributed by atoms with Crippen molar-refractivity contribution in [3.63, 3.8) is 0 Å². The number of rotatable bonds is 6. The summed E-state index contributed by atoms with van der Waals surface area (Å²) in [6, 6.07) is 24.7. The van der Waals surface area contributed by atoms with E-state index in [2.05, 4.69) is 47.0 Å². The second kappa shape index (κ2) is 8.50. The van der Waals surface area contributed by atoms with Crippen molar-refractivity contribution in [2.24, 2.45) is 17.8 Å². The van der Waals surface area contributed by atoms with Gasteiger partial charge in [0.1, 0.15) is 0 Å². The van der Waals surface area contributed by atoms with Crippen molar-refractivity contribution >= 4 is 28.7 Å². The molecule has 0 radical (unpaired) electrons. The molecule has 4 aliphatic carbocycles. The van der Waals surface area contributed by atoms with Gasteiger partial charge in [-0.3, -0.25) is 0 Å². The molecule has 4 aliphatic rings. The Labute approximate surface area is 201 Å². The molecule has 0 saturated heterocycles. The van der Waals surface area contributed by atoms with Gasteiger partial charge in [-0.05, 0) is 110 Å². The zero-order valence-corrected chi connectivity index (χ0v) is 19.7. The fourth-order valence-corrected chi connectivity index (χ4v) is 7.25. The molecule has 7 rings (SSSR count). The van der Waals surface area contributed by atoms with Crippen molar-refractivity contribution in [2.45, 2.75) is 43.9 Å². The van der Waals surface area contributed by atoms with Gasteiger partial charge in [-0.15, -0.1) is 0 Å². The van der Waals surface area contributed by atoms with E-state index in [-0.39, 0.29) is 5.97 Å². The van der Waals surface area contributed by atoms with Gasteiger partial charge in [0.05, 0.1) is 18.4 Å². The van der Waals surface area contributed by atoms with E-state index in [1.165, 1.54) is 45.6 Å². The third kappa shape index (κ3) is 3.96. The highest BCUT2D eigenvalue weighted by molar-refractivity contribution is 5.96. The number of carbonyl (C=O) groups is 1. The molecular weight excluding hydrogens is 420 g/mol. The molecule has 0 amide bonds. The van der Waals surface area contributed by atoms with Gasteiger partial charge in [-0.2, -0.15) is 0 Å². The summed E-state index contributed by atoms with van der Waals surface area (Å²) >= 11 is 0. The highest BCUT2D eigenvalue weighted by Gasteiger charge is 2.51. The zero-order chi connectivity index (χ0) is 23.1. The summed E-state index contributed by atoms with van der Waals surface area (Å²) in [5, 5.41) is 6.90. The van der Waals surface area contributed by atoms with Crippen LogP contribution in [0.5, 0.6) is 0 Å². The van der Waals surface area contributed by atoms with Crippen LogP contribution in [0, 0.1) is 17.8 Å². The third-order valence-electron chi connectivity index (χ3n) is 8.30. The minimum Gasteiger partial charge on any atom is -0.465 e. The highest BCUT2D eigenvalue weighted by Crippen LogP contribution is 2.60. The van der Waals surface area contributed by atoms with Gasteiger partial charge in [-0.25, -0.2) is 4.79 Å². The molecule has 0 heterocycles. The smallest absolute Gasteiger partial charge is 0.339 e. The summed E-state index contributed by atoms with van der Waals surface area (Å²) in [7, 11) is 1.40. The molecule has 0 atom stereocenters. The van der Waals surface area contributed by atoms with Gasteiger partial charge in [0.15, 0.2) is 0 Å². The maximum absolute atomic E-state index is 12.1. The Hall–Kier alpha value is -3.27. The molecule has 3 aromatic carbocycles. The van der Waals surface area contributed by atoms with Crippen LogP contribution in [0.15, 0.2) is 72.8 Å². The van der Waals surface area contributed by atoms with Crippen molar-refractivity contribution < 1.29 is 9.53 Å². The summed E-state index contributed by atoms with van der Waals surface area (Å²) in [6.45, 7) is 0. The van der Waals surface area contributed by atoms with Crippen LogP contribution in [0.2, 0.25) is 0 Å². The number of methoxy groups -OCH3 is 1. The van der Waals surface area contributed by atoms with Crippen molar-refractivity contribution in [1.82, 2.24) is 0 Å². The molecule has 0 aromatic heterocycles. The molecule has 4 saturated carbocycles. The number of para-hydroxylation sites is 1. The Kier molecular flexibility index (Phi) is 5.32. The summed E-state index contributed by atoms with van der Waals surface area (Å²) in [5.41, 5.74) is 6.24. The number of ether oxygens (including phenoxy) is 1. The largest absolute Gasteiger partial charge is 0.465 e. The van der Waals surface area contributed by atoms with Crippen LogP contribution in [-0.4, -0.2) is 13.1 Å². The van der Waals surface area contributed by atoms with Crippen molar-refractivity contribution in [3.05, 3.63) is 83.9 Å². The van der Waals surface area contributed by atoms with Gasteiger partial charge in [0.2, 0.25) is 0 Å². The predicted molar refractivity (Wildman–Crippen MR) is 137 cm³/mol. The monoisotopic (exact) mass is 452 g/mol. The SMILES string of the molecule is COC(=O)c1ccccc1Nc1cccc(Nc2ccc(C34CC5CC(CC(C5)C3)C4)cc2)c1. The second-order valence-corrected chi connectivity index (χ2v) is 10.6. The van der Waals surface area contributed by atoms with Crippen LogP contribution in [0.25, 0.3) is 0 Å². The minimum atomic E-state index is -0.350. The number of carbonyl (C=O) groups excluding carboxylic acids is 1. The lowest BCUT2D eigenvalue weighted by atomic mass is 9.48. The van der Waals surface area contributed by atoms with Crippen LogP contribution in [-0.2, 0) is 10.2 Å². The molecule has 0 spiro atoms. The Morgan fingerprint density at radius 2 is 1.38 bits per heavy atom. The molecule has 174 valence electrons. The molecule has 4 fully saturated rings. The fourth-order valence-electron chi connectivity index (χ4n) is 7.25. The molecule has 4 heteroatoms. The lowest BCUT2D eigenvalue weighted by molar-refractivity contribution is -0.00518. The fraction of sp³-hybridized carbons (Fsp3) is 0.367. The number of benzene rings is 3. The van der Waals surface area contributed by atoms with E-state index in [0.717, 1.165) is 40.5 Å². The van der Waals surface area contributed by atoms with Crippen LogP contribution in [0.4, 0.5) is 22.7 Å². The van der Waals surface area contributed by atoms with E-state index < -0.39 is 0 Å². The molecule has 34 heavy (non-hydrogen) atoms. The van der Waals surface area contributed by atoms with Gasteiger partial charge in [0, 0.05) is 17.1 Å². The molecule has 0 unspecified atom stereocenters. The molecular formula is C30H32N2O2. The molecule has 2 N–H and O–H groups in total. The summed E-state index contributed by atoms with van der Waals surface area (Å²) in [5.74, 6) is 2.53. The number of hydrogen-bond acceptors (Lipinski definition) is 4. The minimum absolute atomic E-state index is 0.350. The third-order valence-corrected chi connectivity index (χ3v) is 8.30. The average molecular weight is 453 g/mol. The second-order valence-electron chi connectivity index (χ2n) is 10.6. The van der Waals surface area contributed by atoms with Crippen LogP contribution < -0.4 is 10.6 Å². The first-order valence-electron chi connectivity index (χ1n) is 12.5. The van der Waals surface area contributed by atoms with Gasteiger partial charge < -0.3 is 15.4 Å². The lowest BCUT2D eigenvalue weighted by Crippen LogP contribution is -2.48.